The zero-order chi connectivity index (χ0) is 9.14. The summed E-state index contributed by atoms with van der Waals surface area (Å²) in [5.74, 6) is 3.22. The monoisotopic (exact) mass is 204 g/mol. The number of methoxy groups -OCH3 is 1. The third-order valence-corrected chi connectivity index (χ3v) is 3.31. The van der Waals surface area contributed by atoms with Crippen LogP contribution in [0.15, 0.2) is 10.5 Å². The maximum absolute atomic E-state index is 10.9. The molecule has 2 N–H and O–H groups in total. The lowest BCUT2D eigenvalue weighted by Crippen LogP contribution is -1.96. The van der Waals surface area contributed by atoms with E-state index in [1.807, 2.05) is 0 Å². The quantitative estimate of drug-likeness (QED) is 0.573. The summed E-state index contributed by atoms with van der Waals surface area (Å²) in [5, 5.41) is 5.48. The first-order chi connectivity index (χ1) is 5.65. The lowest BCUT2D eigenvalue weighted by Gasteiger charge is -1.91. The molecule has 0 aliphatic carbocycles. The van der Waals surface area contributed by atoms with E-state index in [0.29, 0.717) is 9.22 Å². The van der Waals surface area contributed by atoms with Crippen molar-refractivity contribution in [3.63, 3.8) is 0 Å². The molecule has 0 saturated carbocycles. The molecule has 0 aromatic carbocycles. The van der Waals surface area contributed by atoms with Gasteiger partial charge in [0.15, 0.2) is 4.34 Å². The van der Waals surface area contributed by atoms with E-state index in [2.05, 4.69) is 15.6 Å². The summed E-state index contributed by atoms with van der Waals surface area (Å²) in [4.78, 5) is 15.3. The van der Waals surface area contributed by atoms with Crippen LogP contribution in [-0.4, -0.2) is 23.9 Å². The Hall–Kier alpha value is -0.720. The first-order valence-corrected chi connectivity index (χ1v) is 5.25. The highest BCUT2D eigenvalue weighted by molar-refractivity contribution is 8.13. The molecule has 0 aliphatic rings. The van der Waals surface area contributed by atoms with Crippen LogP contribution in [0.3, 0.4) is 0 Å². The Labute approximate surface area is 76.4 Å². The largest absolute Gasteiger partial charge is 0.465 e. The molecule has 4 nitrogen and oxygen atoms in total. The van der Waals surface area contributed by atoms with Crippen molar-refractivity contribution in [1.82, 2.24) is 4.98 Å². The highest BCUT2D eigenvalue weighted by Crippen LogP contribution is 2.23. The van der Waals surface area contributed by atoms with Crippen molar-refractivity contribution >= 4 is 33.8 Å². The number of rotatable bonds is 2. The highest BCUT2D eigenvalue weighted by Gasteiger charge is 2.09. The molecule has 66 valence electrons. The van der Waals surface area contributed by atoms with Gasteiger partial charge in [0.25, 0.3) is 0 Å². The van der Waals surface area contributed by atoms with E-state index in [0.717, 1.165) is 0 Å². The van der Waals surface area contributed by atoms with Crippen LogP contribution in [0.5, 0.6) is 0 Å². The number of carbonyl (C=O) groups is 1. The van der Waals surface area contributed by atoms with Gasteiger partial charge < -0.3 is 4.74 Å². The molecule has 0 amide bonds. The molecule has 6 heteroatoms. The molecule has 1 atom stereocenters. The SMILES string of the molecule is C=S(N)c1ncc(C(=O)OC)s1. The van der Waals surface area contributed by atoms with Gasteiger partial charge in [-0.15, -0.1) is 0 Å². The average Bonchev–Trinajstić information content (AvgIpc) is 2.51. The summed E-state index contributed by atoms with van der Waals surface area (Å²) in [7, 11) is 0.701. The lowest BCUT2D eigenvalue weighted by molar-refractivity contribution is 0.0606. The standard InChI is InChI=1S/C6H8N2O2S2/c1-10-5(9)4-3-8-6(11-4)12(2)7/h3H,2,7H2,1H3. The van der Waals surface area contributed by atoms with Gasteiger partial charge >= 0.3 is 5.97 Å². The van der Waals surface area contributed by atoms with Gasteiger partial charge in [0.2, 0.25) is 0 Å². The third kappa shape index (κ3) is 1.90. The Bertz CT molecular complexity index is 321. The van der Waals surface area contributed by atoms with Crippen molar-refractivity contribution < 1.29 is 9.53 Å². The predicted octanol–water partition coefficient (Wildman–Crippen LogP) is 0.863. The zero-order valence-electron chi connectivity index (χ0n) is 6.44. The molecule has 0 saturated heterocycles. The maximum atomic E-state index is 10.9. The molecule has 12 heavy (non-hydrogen) atoms. The van der Waals surface area contributed by atoms with E-state index in [1.165, 1.54) is 24.6 Å². The number of carbonyl (C=O) groups excluding carboxylic acids is 1. The molecule has 1 unspecified atom stereocenters. The third-order valence-electron chi connectivity index (χ3n) is 1.10. The first kappa shape index (κ1) is 9.37. The number of esters is 1. The van der Waals surface area contributed by atoms with Crippen molar-refractivity contribution in [2.45, 2.75) is 4.34 Å². The summed E-state index contributed by atoms with van der Waals surface area (Å²) in [6.45, 7) is 0. The molecule has 0 bridgehead atoms. The van der Waals surface area contributed by atoms with Gasteiger partial charge in [-0.2, -0.15) is 0 Å². The minimum atomic E-state index is -0.627. The summed E-state index contributed by atoms with van der Waals surface area (Å²) < 4.78 is 5.17. The van der Waals surface area contributed by atoms with E-state index in [1.54, 1.807) is 0 Å². The van der Waals surface area contributed by atoms with Gasteiger partial charge in [-0.25, -0.2) is 9.78 Å². The van der Waals surface area contributed by atoms with Crippen molar-refractivity contribution in [3.8, 4) is 0 Å². The van der Waals surface area contributed by atoms with Crippen LogP contribution in [-0.2, 0) is 4.74 Å². The summed E-state index contributed by atoms with van der Waals surface area (Å²) in [6, 6.07) is 0. The topological polar surface area (TPSA) is 65.2 Å². The van der Waals surface area contributed by atoms with Gasteiger partial charge in [-0.05, 0) is 0 Å². The molecule has 0 fully saturated rings. The Morgan fingerprint density at radius 2 is 2.58 bits per heavy atom. The molecular formula is C6H8N2O2S2. The minimum Gasteiger partial charge on any atom is -0.465 e. The van der Waals surface area contributed by atoms with E-state index in [9.17, 15) is 4.79 Å². The molecule has 1 aromatic heterocycles. The van der Waals surface area contributed by atoms with Gasteiger partial charge in [0.05, 0.1) is 13.3 Å². The number of aromatic nitrogens is 1. The molecule has 1 heterocycles. The number of nitrogens with zero attached hydrogens (tertiary/aromatic N) is 1. The van der Waals surface area contributed by atoms with E-state index in [-0.39, 0.29) is 5.97 Å². The molecule has 0 aliphatic heterocycles. The fraction of sp³-hybridized carbons (Fsp3) is 0.167. The van der Waals surface area contributed by atoms with Crippen LogP contribution in [0.2, 0.25) is 0 Å². The number of ether oxygens (including phenoxy) is 1. The van der Waals surface area contributed by atoms with Gasteiger partial charge in [-0.3, -0.25) is 5.14 Å². The number of thiazole rings is 1. The summed E-state index contributed by atoms with van der Waals surface area (Å²) in [5.41, 5.74) is 0. The van der Waals surface area contributed by atoms with Crippen LogP contribution in [0.1, 0.15) is 9.67 Å². The van der Waals surface area contributed by atoms with Crippen LogP contribution in [0, 0.1) is 0 Å². The number of hydrogen-bond acceptors (Lipinski definition) is 5. The normalized spacial score (nSPS) is 12.5. The Morgan fingerprint density at radius 3 is 3.00 bits per heavy atom. The molecular weight excluding hydrogens is 196 g/mol. The van der Waals surface area contributed by atoms with E-state index >= 15 is 0 Å². The second-order valence-corrected chi connectivity index (χ2v) is 4.44. The van der Waals surface area contributed by atoms with Crippen LogP contribution in [0.4, 0.5) is 0 Å². The Morgan fingerprint density at radius 1 is 1.92 bits per heavy atom. The number of nitrogens with two attached hydrogens (primary N) is 1. The summed E-state index contributed by atoms with van der Waals surface area (Å²) >= 11 is 1.21. The highest BCUT2D eigenvalue weighted by atomic mass is 32.2. The average molecular weight is 204 g/mol. The smallest absolute Gasteiger partial charge is 0.349 e. The second-order valence-electron chi connectivity index (χ2n) is 1.91. The second kappa shape index (κ2) is 3.79. The lowest BCUT2D eigenvalue weighted by atomic mass is 10.6. The van der Waals surface area contributed by atoms with Crippen molar-refractivity contribution in [1.29, 1.82) is 0 Å². The minimum absolute atomic E-state index is 0.385. The fourth-order valence-electron chi connectivity index (χ4n) is 0.574. The van der Waals surface area contributed by atoms with Crippen molar-refractivity contribution in [2.75, 3.05) is 7.11 Å². The van der Waals surface area contributed by atoms with Crippen LogP contribution < -0.4 is 5.14 Å². The maximum Gasteiger partial charge on any atom is 0.349 e. The zero-order valence-corrected chi connectivity index (χ0v) is 8.08. The van der Waals surface area contributed by atoms with E-state index in [4.69, 9.17) is 5.14 Å². The van der Waals surface area contributed by atoms with Crippen molar-refractivity contribution in [3.05, 3.63) is 11.1 Å². The van der Waals surface area contributed by atoms with Crippen LogP contribution in [0.25, 0.3) is 0 Å². The van der Waals surface area contributed by atoms with Gasteiger partial charge in [-0.1, -0.05) is 27.9 Å². The van der Waals surface area contributed by atoms with E-state index < -0.39 is 10.7 Å². The Balaban J connectivity index is 2.91. The first-order valence-electron chi connectivity index (χ1n) is 2.97. The van der Waals surface area contributed by atoms with Crippen LogP contribution >= 0.6 is 22.0 Å². The van der Waals surface area contributed by atoms with Gasteiger partial charge in [0.1, 0.15) is 4.88 Å². The fourth-order valence-corrected chi connectivity index (χ4v) is 2.03. The predicted molar refractivity (Wildman–Crippen MR) is 50.6 cm³/mol. The molecule has 0 spiro atoms. The molecule has 0 radical (unpaired) electrons. The molecule has 1 aromatic rings. The van der Waals surface area contributed by atoms with Crippen molar-refractivity contribution in [2.24, 2.45) is 5.14 Å². The Kier molecular flexibility index (Phi) is 2.96. The summed E-state index contributed by atoms with van der Waals surface area (Å²) in [6.07, 6.45) is 1.45. The molecule has 1 rings (SSSR count). The number of hydrogen-bond donors (Lipinski definition) is 1. The van der Waals surface area contributed by atoms with Gasteiger partial charge in [0, 0.05) is 0 Å².